The second kappa shape index (κ2) is 45.5. The van der Waals surface area contributed by atoms with Crippen LogP contribution in [0.25, 0.3) is 30.6 Å². The number of thiazole rings is 3. The molecule has 4 heterocycles. The largest absolute Gasteiger partial charge is 1.00 e. The van der Waals surface area contributed by atoms with Crippen molar-refractivity contribution in [2.75, 3.05) is 63.4 Å². The van der Waals surface area contributed by atoms with Crippen LogP contribution in [0, 0.1) is 40.1 Å². The molecule has 0 fully saturated rings. The minimum atomic E-state index is -1.00. The average Bonchev–Trinajstić information content (AvgIpc) is 1.84. The molecule has 36 heteroatoms. The van der Waals surface area contributed by atoms with Crippen LogP contribution >= 0.6 is 70.0 Å². The van der Waals surface area contributed by atoms with Gasteiger partial charge in [-0.15, -0.1) is 57.4 Å². The van der Waals surface area contributed by atoms with Gasteiger partial charge in [0.2, 0.25) is 0 Å². The number of ether oxygens (including phenoxy) is 5. The maximum atomic E-state index is 14.0. The summed E-state index contributed by atoms with van der Waals surface area (Å²) in [5.74, 6) is -1.79. The van der Waals surface area contributed by atoms with E-state index in [1.807, 2.05) is 32.9 Å². The zero-order valence-electron chi connectivity index (χ0n) is 51.0. The minimum absolute atomic E-state index is 0. The number of nitrogens with zero attached hydrogens (tertiary/aromatic N) is 6. The Kier molecular flexibility index (Phi) is 43.6. The van der Waals surface area contributed by atoms with Crippen molar-refractivity contribution in [1.29, 1.82) is 10.5 Å². The van der Waals surface area contributed by atoms with Crippen molar-refractivity contribution in [3.05, 3.63) is 68.9 Å². The quantitative estimate of drug-likeness (QED) is 0.00949. The van der Waals surface area contributed by atoms with E-state index < -0.39 is 58.8 Å². The number of amides is 2. The number of carbonyl (C=O) groups is 5. The normalized spacial score (nSPS) is 12.3. The molecule has 3 aromatic carbocycles. The topological polar surface area (TPSA) is 407 Å². The van der Waals surface area contributed by atoms with E-state index in [-0.39, 0.29) is 151 Å². The van der Waals surface area contributed by atoms with Crippen molar-refractivity contribution in [3.8, 4) is 29.4 Å². The molecule has 0 aliphatic carbocycles. The third-order valence-corrected chi connectivity index (χ3v) is 14.4. The summed E-state index contributed by atoms with van der Waals surface area (Å²) in [7, 11) is 0. The Morgan fingerprint density at radius 2 is 1.20 bits per heavy atom. The number of alkyl carbamates (subject to hydrolysis) is 2. The summed E-state index contributed by atoms with van der Waals surface area (Å²) in [4.78, 5) is 70.8. The van der Waals surface area contributed by atoms with Crippen LogP contribution in [0.15, 0.2) is 41.4 Å². The number of carboxylic acid groups (broad SMARTS) is 2. The van der Waals surface area contributed by atoms with Crippen LogP contribution in [0.5, 0.6) is 17.2 Å². The van der Waals surface area contributed by atoms with Gasteiger partial charge in [-0.2, -0.15) is 23.2 Å². The molecular weight excluding hydrogens is 1350 g/mol. The monoisotopic (exact) mass is 1410 g/mol. The molecule has 1 aliphatic heterocycles. The number of carboxylic acids is 2. The van der Waals surface area contributed by atoms with E-state index in [1.54, 1.807) is 32.9 Å². The number of aromatic nitrogens is 3. The predicted octanol–water partition coefficient (Wildman–Crippen LogP) is 1.05. The van der Waals surface area contributed by atoms with Crippen molar-refractivity contribution in [3.63, 3.8) is 0 Å². The van der Waals surface area contributed by atoms with Gasteiger partial charge in [-0.05, 0) is 67.3 Å². The van der Waals surface area contributed by atoms with E-state index in [0.29, 0.717) is 93.6 Å². The molecule has 0 radical (unpaired) electrons. The van der Waals surface area contributed by atoms with Gasteiger partial charge >= 0.3 is 127 Å². The molecule has 25 nitrogen and oxygen atoms in total. The number of thiol groups is 1. The first kappa shape index (κ1) is 85.2. The first-order chi connectivity index (χ1) is 41.2. The molecule has 0 saturated carbocycles. The third-order valence-electron chi connectivity index (χ3n) is 9.67. The molecule has 3 aromatic heterocycles. The first-order valence-electron chi connectivity index (χ1n) is 25.9. The summed E-state index contributed by atoms with van der Waals surface area (Å²) in [6, 6.07) is 10.9. The molecule has 7 rings (SSSR count). The van der Waals surface area contributed by atoms with Gasteiger partial charge in [0.15, 0.2) is 50.8 Å². The van der Waals surface area contributed by atoms with Crippen molar-refractivity contribution in [2.45, 2.75) is 90.5 Å². The number of benzene rings is 3. The molecule has 478 valence electrons. The standard InChI is InChI=1S/C16H18FN3O3S.C14H14FN3O3S2.C11H10FN3OS.C8H16ClNO2.C3H7NO2S.CH2O3.2K.H/c1-16(2,3)23-15(21)19-5-4-6-22-12-8-13-11(7-10(12)17)20-14(9-18)24-13;15-7-4-8-11(5-10(7)21-3-1-2-16)23-13(17-8)12-18-9(6-22-12)14(19)20;12-7-4-8-10(17-11(6-14)15-8)5-9(7)16-3-1-2-13;1-8(2,3)12-7(11)10-6-4-5-9;4-2(1-7)3(5)6;2-1-4-3;;;/h7-8H,4-6H2,1-3H3,(H,19,21);4-5,9H,1-3,6,16H2,(H,19,20);4-5H,1-3,13H2;4-6H2,1-3H3,(H,10,11);2,7H,1,4H2,(H,5,6);1,3H;;;/q;;;;;;2*+1;-1/t;9-;;;2-;;;;/m.1..1..../s1. The maximum Gasteiger partial charge on any atom is 1.00 e. The number of halogens is 4. The third kappa shape index (κ3) is 34.1. The molecule has 1 aliphatic rings. The predicted molar refractivity (Wildman–Crippen MR) is 327 cm³/mol. The fourth-order valence-electron chi connectivity index (χ4n) is 5.88. The fourth-order valence-corrected chi connectivity index (χ4v) is 9.79. The molecule has 0 spiro atoms. The van der Waals surface area contributed by atoms with Gasteiger partial charge < -0.3 is 73.3 Å². The molecule has 11 N–H and O–H groups in total. The Labute approximate surface area is 624 Å². The number of nitrogens with two attached hydrogens (primary N) is 2. The summed E-state index contributed by atoms with van der Waals surface area (Å²) in [5, 5.41) is 50.0. The van der Waals surface area contributed by atoms with E-state index >= 15 is 0 Å². The van der Waals surface area contributed by atoms with Crippen LogP contribution in [-0.4, -0.2) is 147 Å². The smallest absolute Gasteiger partial charge is 1.00 e. The number of thioether (sulfide) groups is 1. The Balaban J connectivity index is 0. The molecule has 2 amide bonds. The summed E-state index contributed by atoms with van der Waals surface area (Å²) >= 11 is 14.2. The molecule has 89 heavy (non-hydrogen) atoms. The summed E-state index contributed by atoms with van der Waals surface area (Å²) in [5.41, 5.74) is 14.5. The minimum Gasteiger partial charge on any atom is -1.00 e. The van der Waals surface area contributed by atoms with Crippen LogP contribution < -0.4 is 150 Å². The van der Waals surface area contributed by atoms with Gasteiger partial charge in [0.1, 0.15) is 39.4 Å². The van der Waals surface area contributed by atoms with Crippen molar-refractivity contribution in [2.24, 2.45) is 16.5 Å². The second-order valence-corrected chi connectivity index (χ2v) is 23.9. The van der Waals surface area contributed by atoms with Crippen molar-refractivity contribution < 1.29 is 191 Å². The molecule has 0 bridgehead atoms. The van der Waals surface area contributed by atoms with Crippen LogP contribution in [0.3, 0.4) is 0 Å². The number of quaternary nitrogens is 1. The number of nitrogens with one attached hydrogen (secondary N) is 2. The summed E-state index contributed by atoms with van der Waals surface area (Å²) in [6.07, 6.45) is 1.82. The van der Waals surface area contributed by atoms with Gasteiger partial charge in [0.25, 0.3) is 6.47 Å². The van der Waals surface area contributed by atoms with Gasteiger partial charge in [-0.1, -0.05) is 0 Å². The Morgan fingerprint density at radius 3 is 1.55 bits per heavy atom. The van der Waals surface area contributed by atoms with E-state index in [4.69, 9.17) is 77.5 Å². The number of fused-ring (bicyclic) bond motifs is 3. The molecular formula is C53H68ClF3K2N11O14S5+. The number of aliphatic imine (C=N–C) groups is 1. The summed E-state index contributed by atoms with van der Waals surface area (Å²) < 4.78 is 69.9. The van der Waals surface area contributed by atoms with Crippen LogP contribution in [-0.2, 0) is 28.7 Å². The Hall–Kier alpha value is -3.78. The van der Waals surface area contributed by atoms with E-state index in [1.165, 1.54) is 70.0 Å². The molecule has 6 aromatic rings. The van der Waals surface area contributed by atoms with Crippen LogP contribution in [0.4, 0.5) is 22.8 Å². The second-order valence-electron chi connectivity index (χ2n) is 19.1. The number of hydrogen-bond donors (Lipinski definition) is 8. The van der Waals surface area contributed by atoms with Gasteiger partial charge in [-0.25, -0.2) is 42.5 Å². The zero-order chi connectivity index (χ0) is 65.3. The molecule has 0 saturated heterocycles. The van der Waals surface area contributed by atoms with E-state index in [9.17, 15) is 32.3 Å². The Morgan fingerprint density at radius 1 is 0.787 bits per heavy atom. The number of alkyl halides is 1. The average molecular weight is 1410 g/mol. The number of nitriles is 2. The SMILES string of the molecule is CC(C)(C)OC(=O)NCCCCl.CC(C)(C)OC(=O)NCCCOc1cc2sc(C#N)nc2cc1F.N#Cc1nc2cc(F)c(OCCC[NH3+])cc2s1.NCCCOc1cc2sc(C3=N[C@@H](C(=O)O)CS3)nc2cc1F.N[C@H](CS)C(=O)O.O=CO[O-].[H-].[K+].[K+]. The number of aliphatic carboxylic acids is 2. The maximum absolute atomic E-state index is 14.0. The summed E-state index contributed by atoms with van der Waals surface area (Å²) in [6.45, 7) is 13.8. The van der Waals surface area contributed by atoms with E-state index in [2.05, 4.69) is 53.8 Å². The van der Waals surface area contributed by atoms with Crippen molar-refractivity contribution in [1.82, 2.24) is 25.6 Å². The fraction of sp³-hybridized carbons (Fsp3) is 0.453. The van der Waals surface area contributed by atoms with Gasteiger partial charge in [0.05, 0.1) is 57.0 Å². The first-order valence-corrected chi connectivity index (χ1v) is 30.5. The molecule has 0 unspecified atom stereocenters. The van der Waals surface area contributed by atoms with Gasteiger partial charge in [0, 0.05) is 73.3 Å². The van der Waals surface area contributed by atoms with Crippen molar-refractivity contribution >= 4 is 136 Å². The number of carbonyl (C=O) groups excluding carboxylic acids is 3. The molecule has 2 atom stereocenters. The zero-order valence-corrected chi connectivity index (χ0v) is 61.2. The number of rotatable bonds is 21. The van der Waals surface area contributed by atoms with Crippen LogP contribution in [0.2, 0.25) is 0 Å². The Bertz CT molecular complexity index is 3320. The van der Waals surface area contributed by atoms with Crippen LogP contribution in [0.1, 0.15) is 83.7 Å². The number of hydrogen-bond acceptors (Lipinski definition) is 25. The van der Waals surface area contributed by atoms with E-state index in [0.717, 1.165) is 28.8 Å². The van der Waals surface area contributed by atoms with Gasteiger partial charge in [-0.3, -0.25) is 14.6 Å².